The molecule has 25 heavy (non-hydrogen) atoms. The van der Waals surface area contributed by atoms with Crippen LogP contribution in [-0.2, 0) is 15.8 Å². The second-order valence-electron chi connectivity index (χ2n) is 6.07. The third-order valence-electron chi connectivity index (χ3n) is 4.40. The Kier molecular flexibility index (Phi) is 5.95. The Balaban J connectivity index is 2.06. The minimum absolute atomic E-state index is 0.0631. The van der Waals surface area contributed by atoms with E-state index in [-0.39, 0.29) is 22.5 Å². The number of likely N-dealkylation sites (tertiary alicyclic amines) is 1. The molecule has 1 fully saturated rings. The van der Waals surface area contributed by atoms with Gasteiger partial charge in [-0.25, -0.2) is 0 Å². The molecule has 1 atom stereocenters. The Morgan fingerprint density at radius 2 is 1.92 bits per heavy atom. The normalized spacial score (nSPS) is 18.0. The van der Waals surface area contributed by atoms with Crippen molar-refractivity contribution >= 4 is 29.1 Å². The van der Waals surface area contributed by atoms with Crippen LogP contribution in [0.25, 0.3) is 0 Å². The zero-order valence-corrected chi connectivity index (χ0v) is 14.3. The van der Waals surface area contributed by atoms with E-state index >= 15 is 0 Å². The molecule has 0 spiro atoms. The smallest absolute Gasteiger partial charge is 0.369 e. The molecule has 3 N–H and O–H groups in total. The Hall–Kier alpha value is -1.80. The molecule has 0 bridgehead atoms. The van der Waals surface area contributed by atoms with E-state index in [4.69, 9.17) is 17.3 Å². The lowest BCUT2D eigenvalue weighted by atomic mass is 9.95. The zero-order chi connectivity index (χ0) is 18.8. The van der Waals surface area contributed by atoms with Gasteiger partial charge in [0.15, 0.2) is 0 Å². The number of nitrogens with one attached hydrogen (secondary N) is 1. The lowest BCUT2D eigenvalue weighted by Gasteiger charge is -2.34. The summed E-state index contributed by atoms with van der Waals surface area (Å²) in [7, 11) is 0. The van der Waals surface area contributed by atoms with Crippen molar-refractivity contribution in [3.8, 4) is 0 Å². The van der Waals surface area contributed by atoms with Crippen LogP contribution >= 0.6 is 11.6 Å². The van der Waals surface area contributed by atoms with Crippen molar-refractivity contribution in [3.05, 3.63) is 28.8 Å². The van der Waals surface area contributed by atoms with Crippen molar-refractivity contribution in [1.82, 2.24) is 4.90 Å². The first kappa shape index (κ1) is 19.5. The molecule has 1 aromatic carbocycles. The van der Waals surface area contributed by atoms with E-state index in [1.807, 2.05) is 4.90 Å². The molecular formula is C16H19ClF3N3O2. The number of benzene rings is 1. The number of rotatable bonds is 4. The molecule has 0 radical (unpaired) electrons. The van der Waals surface area contributed by atoms with Crippen LogP contribution in [0.3, 0.4) is 0 Å². The third kappa shape index (κ3) is 4.85. The number of carbonyl (C=O) groups excluding carboxylic acids is 2. The number of amides is 2. The molecule has 0 aromatic heterocycles. The summed E-state index contributed by atoms with van der Waals surface area (Å²) < 4.78 is 39.3. The quantitative estimate of drug-likeness (QED) is 0.847. The monoisotopic (exact) mass is 377 g/mol. The van der Waals surface area contributed by atoms with Crippen molar-refractivity contribution in [2.45, 2.75) is 32.0 Å². The summed E-state index contributed by atoms with van der Waals surface area (Å²) in [6.45, 7) is 2.58. The number of alkyl halides is 3. The number of anilines is 1. The largest absolute Gasteiger partial charge is 0.418 e. The topological polar surface area (TPSA) is 75.4 Å². The van der Waals surface area contributed by atoms with Crippen molar-refractivity contribution in [1.29, 1.82) is 0 Å². The highest BCUT2D eigenvalue weighted by atomic mass is 35.5. The summed E-state index contributed by atoms with van der Waals surface area (Å²) in [5.74, 6) is -1.14. The SMILES string of the molecule is CC(C(=O)Nc1ccc(Cl)cc1C(F)(F)F)N1CCC(C(N)=O)CC1. The fourth-order valence-electron chi connectivity index (χ4n) is 2.83. The number of carbonyl (C=O) groups is 2. The molecule has 5 nitrogen and oxygen atoms in total. The first-order valence-electron chi connectivity index (χ1n) is 7.80. The first-order valence-corrected chi connectivity index (χ1v) is 8.18. The highest BCUT2D eigenvalue weighted by molar-refractivity contribution is 6.30. The van der Waals surface area contributed by atoms with Crippen LogP contribution in [0.5, 0.6) is 0 Å². The number of halogens is 4. The van der Waals surface area contributed by atoms with Gasteiger partial charge in [-0.15, -0.1) is 0 Å². The summed E-state index contributed by atoms with van der Waals surface area (Å²) in [4.78, 5) is 25.3. The Morgan fingerprint density at radius 3 is 2.44 bits per heavy atom. The van der Waals surface area contributed by atoms with Gasteiger partial charge in [-0.2, -0.15) is 13.2 Å². The van der Waals surface area contributed by atoms with E-state index in [0.717, 1.165) is 12.1 Å². The fourth-order valence-corrected chi connectivity index (χ4v) is 3.01. The van der Waals surface area contributed by atoms with Gasteiger partial charge >= 0.3 is 6.18 Å². The summed E-state index contributed by atoms with van der Waals surface area (Å²) in [6, 6.07) is 2.57. The van der Waals surface area contributed by atoms with Crippen molar-refractivity contribution in [2.24, 2.45) is 11.7 Å². The van der Waals surface area contributed by atoms with Crippen molar-refractivity contribution < 1.29 is 22.8 Å². The second kappa shape index (κ2) is 7.61. The van der Waals surface area contributed by atoms with Crippen LogP contribution in [0.15, 0.2) is 18.2 Å². The molecule has 1 aromatic rings. The molecule has 2 rings (SSSR count). The van der Waals surface area contributed by atoms with Gasteiger partial charge in [-0.05, 0) is 51.1 Å². The standard InChI is InChI=1S/C16H19ClF3N3O2/c1-9(23-6-4-10(5-7-23)14(21)24)15(25)22-13-3-2-11(17)8-12(13)16(18,19)20/h2-3,8-10H,4-7H2,1H3,(H2,21,24)(H,22,25). The van der Waals surface area contributed by atoms with Gasteiger partial charge in [0.2, 0.25) is 11.8 Å². The van der Waals surface area contributed by atoms with Gasteiger partial charge in [-0.1, -0.05) is 11.6 Å². The van der Waals surface area contributed by atoms with Gasteiger partial charge in [0.05, 0.1) is 17.3 Å². The maximum absolute atomic E-state index is 13.1. The molecule has 1 heterocycles. The van der Waals surface area contributed by atoms with Gasteiger partial charge in [0, 0.05) is 10.9 Å². The predicted molar refractivity (Wildman–Crippen MR) is 88.0 cm³/mol. The van der Waals surface area contributed by atoms with E-state index in [0.29, 0.717) is 25.9 Å². The minimum Gasteiger partial charge on any atom is -0.369 e. The van der Waals surface area contributed by atoms with E-state index in [1.54, 1.807) is 6.92 Å². The zero-order valence-electron chi connectivity index (χ0n) is 13.6. The summed E-state index contributed by atoms with van der Waals surface area (Å²) in [6.07, 6.45) is -3.57. The Labute approximate surface area is 148 Å². The van der Waals surface area contributed by atoms with E-state index in [2.05, 4.69) is 5.32 Å². The number of hydrogen-bond acceptors (Lipinski definition) is 3. The molecule has 0 saturated carbocycles. The molecule has 2 amide bonds. The van der Waals surface area contributed by atoms with Crippen LogP contribution < -0.4 is 11.1 Å². The van der Waals surface area contributed by atoms with Crippen LogP contribution in [-0.4, -0.2) is 35.8 Å². The van der Waals surface area contributed by atoms with Crippen molar-refractivity contribution in [3.63, 3.8) is 0 Å². The van der Waals surface area contributed by atoms with Gasteiger partial charge in [0.1, 0.15) is 0 Å². The third-order valence-corrected chi connectivity index (χ3v) is 4.64. The molecular weight excluding hydrogens is 359 g/mol. The van der Waals surface area contributed by atoms with Gasteiger partial charge in [-0.3, -0.25) is 14.5 Å². The molecule has 1 unspecified atom stereocenters. The lowest BCUT2D eigenvalue weighted by molar-refractivity contribution is -0.137. The number of nitrogens with zero attached hydrogens (tertiary/aromatic N) is 1. The predicted octanol–water partition coefficient (Wildman–Crippen LogP) is 2.88. The average Bonchev–Trinajstić information content (AvgIpc) is 2.54. The lowest BCUT2D eigenvalue weighted by Crippen LogP contribution is -2.47. The maximum Gasteiger partial charge on any atom is 0.418 e. The minimum atomic E-state index is -4.63. The van der Waals surface area contributed by atoms with E-state index < -0.39 is 23.7 Å². The summed E-state index contributed by atoms with van der Waals surface area (Å²) >= 11 is 5.62. The van der Waals surface area contributed by atoms with E-state index in [1.165, 1.54) is 6.07 Å². The summed E-state index contributed by atoms with van der Waals surface area (Å²) in [5, 5.41) is 2.26. The second-order valence-corrected chi connectivity index (χ2v) is 6.50. The highest BCUT2D eigenvalue weighted by Crippen LogP contribution is 2.36. The van der Waals surface area contributed by atoms with Crippen molar-refractivity contribution in [2.75, 3.05) is 18.4 Å². The Morgan fingerprint density at radius 1 is 1.32 bits per heavy atom. The molecule has 0 aliphatic carbocycles. The number of nitrogens with two attached hydrogens (primary N) is 1. The summed E-state index contributed by atoms with van der Waals surface area (Å²) in [5.41, 5.74) is 3.94. The molecule has 9 heteroatoms. The molecule has 1 aliphatic heterocycles. The highest BCUT2D eigenvalue weighted by Gasteiger charge is 2.35. The van der Waals surface area contributed by atoms with E-state index in [9.17, 15) is 22.8 Å². The molecule has 1 aliphatic rings. The van der Waals surface area contributed by atoms with Crippen LogP contribution in [0, 0.1) is 5.92 Å². The number of hydrogen-bond donors (Lipinski definition) is 2. The Bertz CT molecular complexity index is 659. The number of piperidine rings is 1. The molecule has 138 valence electrons. The average molecular weight is 378 g/mol. The fraction of sp³-hybridized carbons (Fsp3) is 0.500. The molecule has 1 saturated heterocycles. The van der Waals surface area contributed by atoms with Gasteiger partial charge < -0.3 is 11.1 Å². The van der Waals surface area contributed by atoms with Crippen LogP contribution in [0.4, 0.5) is 18.9 Å². The first-order chi connectivity index (χ1) is 11.6. The number of primary amides is 1. The van der Waals surface area contributed by atoms with Crippen LogP contribution in [0.1, 0.15) is 25.3 Å². The van der Waals surface area contributed by atoms with Crippen LogP contribution in [0.2, 0.25) is 5.02 Å². The maximum atomic E-state index is 13.1. The van der Waals surface area contributed by atoms with Gasteiger partial charge in [0.25, 0.3) is 0 Å².